The van der Waals surface area contributed by atoms with E-state index in [1.165, 1.54) is 11.0 Å². The van der Waals surface area contributed by atoms with Crippen LogP contribution in [0.3, 0.4) is 0 Å². The van der Waals surface area contributed by atoms with Gasteiger partial charge in [-0.1, -0.05) is 11.6 Å². The molecular weight excluding hydrogens is 176 g/mol. The molecule has 2 N–H and O–H groups in total. The van der Waals surface area contributed by atoms with Crippen LogP contribution in [0, 0.1) is 6.92 Å². The predicted molar refractivity (Wildman–Crippen MR) is 47.4 cm³/mol. The Kier molecular flexibility index (Phi) is 1.44. The molecule has 0 radical (unpaired) electrons. The number of nitrogen functional groups attached to an aromatic ring is 1. The molecule has 0 atom stereocenters. The largest absolute Gasteiger partial charge is 0.337 e. The molecule has 0 saturated carbocycles. The lowest BCUT2D eigenvalue weighted by Crippen LogP contribution is -2.09. The van der Waals surface area contributed by atoms with Crippen molar-refractivity contribution in [1.29, 1.82) is 0 Å². The molecule has 0 aromatic carbocycles. The van der Waals surface area contributed by atoms with Crippen molar-refractivity contribution in [2.75, 3.05) is 5.84 Å². The highest BCUT2D eigenvalue weighted by atomic mass is 35.5. The lowest BCUT2D eigenvalue weighted by atomic mass is 10.4. The van der Waals surface area contributed by atoms with Crippen LogP contribution in [0.15, 0.2) is 12.4 Å². The fourth-order valence-corrected chi connectivity index (χ4v) is 1.31. The maximum Gasteiger partial charge on any atom is 0.163 e. The maximum atomic E-state index is 5.82. The standard InChI is InChI=1S/C7H7ClN4/c1-4-2-5-6(8)10-3-11-7(5)12(4)9/h2-3H,9H2,1H3. The predicted octanol–water partition coefficient (Wildman–Crippen LogP) is 1.11. The number of hydrogen-bond donors (Lipinski definition) is 1. The van der Waals surface area contributed by atoms with Gasteiger partial charge in [-0.15, -0.1) is 0 Å². The molecule has 0 amide bonds. The van der Waals surface area contributed by atoms with Crippen LogP contribution >= 0.6 is 11.6 Å². The van der Waals surface area contributed by atoms with Crippen LogP contribution in [0.1, 0.15) is 5.69 Å². The molecule has 2 aromatic rings. The van der Waals surface area contributed by atoms with E-state index in [0.717, 1.165) is 11.1 Å². The third kappa shape index (κ3) is 0.848. The summed E-state index contributed by atoms with van der Waals surface area (Å²) in [6.45, 7) is 1.89. The molecule has 12 heavy (non-hydrogen) atoms. The van der Waals surface area contributed by atoms with Gasteiger partial charge in [0.15, 0.2) is 5.65 Å². The minimum absolute atomic E-state index is 0.437. The SMILES string of the molecule is Cc1cc2c(Cl)ncnc2n1N. The Morgan fingerprint density at radius 3 is 2.92 bits per heavy atom. The zero-order chi connectivity index (χ0) is 8.72. The van der Waals surface area contributed by atoms with Crippen molar-refractivity contribution in [2.24, 2.45) is 0 Å². The molecule has 5 heteroatoms. The smallest absolute Gasteiger partial charge is 0.163 e. The third-order valence-electron chi connectivity index (χ3n) is 1.78. The summed E-state index contributed by atoms with van der Waals surface area (Å²) in [5, 5.41) is 1.23. The highest BCUT2D eigenvalue weighted by Crippen LogP contribution is 2.20. The molecule has 4 nitrogen and oxygen atoms in total. The zero-order valence-electron chi connectivity index (χ0n) is 6.45. The molecular formula is C7H7ClN4. The summed E-state index contributed by atoms with van der Waals surface area (Å²) in [4.78, 5) is 7.85. The summed E-state index contributed by atoms with van der Waals surface area (Å²) in [5.41, 5.74) is 1.57. The molecule has 2 rings (SSSR count). The molecule has 2 heterocycles. The first kappa shape index (κ1) is 7.36. The number of rotatable bonds is 0. The highest BCUT2D eigenvalue weighted by molar-refractivity contribution is 6.33. The van der Waals surface area contributed by atoms with E-state index in [1.807, 2.05) is 13.0 Å². The normalized spacial score (nSPS) is 10.8. The van der Waals surface area contributed by atoms with Gasteiger partial charge in [-0.3, -0.25) is 0 Å². The fourth-order valence-electron chi connectivity index (χ4n) is 1.13. The molecule has 0 aliphatic rings. The monoisotopic (exact) mass is 182 g/mol. The van der Waals surface area contributed by atoms with Crippen molar-refractivity contribution in [3.63, 3.8) is 0 Å². The number of fused-ring (bicyclic) bond motifs is 1. The van der Waals surface area contributed by atoms with Gasteiger partial charge < -0.3 is 5.84 Å². The third-order valence-corrected chi connectivity index (χ3v) is 2.08. The molecule has 62 valence electrons. The number of halogens is 1. The molecule has 0 unspecified atom stereocenters. The average molecular weight is 183 g/mol. The zero-order valence-corrected chi connectivity index (χ0v) is 7.21. The van der Waals surface area contributed by atoms with Crippen LogP contribution in [0.5, 0.6) is 0 Å². The summed E-state index contributed by atoms with van der Waals surface area (Å²) in [5.74, 6) is 5.67. The molecule has 0 bridgehead atoms. The summed E-state index contributed by atoms with van der Waals surface area (Å²) in [7, 11) is 0. The van der Waals surface area contributed by atoms with Gasteiger partial charge in [0.2, 0.25) is 0 Å². The van der Waals surface area contributed by atoms with Crippen molar-refractivity contribution < 1.29 is 0 Å². The van der Waals surface area contributed by atoms with Gasteiger partial charge in [0, 0.05) is 5.69 Å². The van der Waals surface area contributed by atoms with Gasteiger partial charge in [-0.05, 0) is 13.0 Å². The average Bonchev–Trinajstić information content (AvgIpc) is 2.32. The fraction of sp³-hybridized carbons (Fsp3) is 0.143. The van der Waals surface area contributed by atoms with Gasteiger partial charge >= 0.3 is 0 Å². The lowest BCUT2D eigenvalue weighted by molar-refractivity contribution is 0.974. The van der Waals surface area contributed by atoms with Gasteiger partial charge in [0.05, 0.1) is 5.39 Å². The second-order valence-electron chi connectivity index (χ2n) is 2.56. The summed E-state index contributed by atoms with van der Waals surface area (Å²) in [6, 6.07) is 1.86. The summed E-state index contributed by atoms with van der Waals surface area (Å²) in [6.07, 6.45) is 1.40. The van der Waals surface area contributed by atoms with E-state index in [1.54, 1.807) is 0 Å². The van der Waals surface area contributed by atoms with E-state index in [-0.39, 0.29) is 0 Å². The Bertz CT molecular complexity index is 434. The topological polar surface area (TPSA) is 56.7 Å². The van der Waals surface area contributed by atoms with Gasteiger partial charge in [0.1, 0.15) is 11.5 Å². The van der Waals surface area contributed by atoms with Gasteiger partial charge in [-0.25, -0.2) is 14.6 Å². The Labute approximate surface area is 73.9 Å². The van der Waals surface area contributed by atoms with Crippen molar-refractivity contribution >= 4 is 22.6 Å². The highest BCUT2D eigenvalue weighted by Gasteiger charge is 2.07. The molecule has 0 fully saturated rings. The first-order valence-corrected chi connectivity index (χ1v) is 3.81. The Hall–Kier alpha value is -1.29. The number of hydrogen-bond acceptors (Lipinski definition) is 3. The maximum absolute atomic E-state index is 5.82. The molecule has 0 aliphatic heterocycles. The van der Waals surface area contributed by atoms with Crippen molar-refractivity contribution in [3.8, 4) is 0 Å². The minimum atomic E-state index is 0.437. The van der Waals surface area contributed by atoms with E-state index >= 15 is 0 Å². The Morgan fingerprint density at radius 2 is 2.25 bits per heavy atom. The lowest BCUT2D eigenvalue weighted by Gasteiger charge is -1.96. The van der Waals surface area contributed by atoms with E-state index < -0.39 is 0 Å². The van der Waals surface area contributed by atoms with E-state index in [9.17, 15) is 0 Å². The summed E-state index contributed by atoms with van der Waals surface area (Å²) >= 11 is 5.82. The quantitative estimate of drug-likeness (QED) is 0.491. The van der Waals surface area contributed by atoms with E-state index in [0.29, 0.717) is 10.8 Å². The second-order valence-corrected chi connectivity index (χ2v) is 2.92. The van der Waals surface area contributed by atoms with Gasteiger partial charge in [0.25, 0.3) is 0 Å². The number of nitrogens with zero attached hydrogens (tertiary/aromatic N) is 3. The molecule has 0 aliphatic carbocycles. The van der Waals surface area contributed by atoms with Crippen LogP contribution in [0.4, 0.5) is 0 Å². The first-order valence-electron chi connectivity index (χ1n) is 3.44. The second kappa shape index (κ2) is 2.35. The van der Waals surface area contributed by atoms with Crippen LogP contribution < -0.4 is 5.84 Å². The molecule has 0 saturated heterocycles. The summed E-state index contributed by atoms with van der Waals surface area (Å²) < 4.78 is 1.49. The van der Waals surface area contributed by atoms with Crippen molar-refractivity contribution in [3.05, 3.63) is 23.2 Å². The van der Waals surface area contributed by atoms with Crippen LogP contribution in [-0.4, -0.2) is 14.6 Å². The first-order chi connectivity index (χ1) is 5.70. The van der Waals surface area contributed by atoms with Crippen molar-refractivity contribution in [2.45, 2.75) is 6.92 Å². The minimum Gasteiger partial charge on any atom is -0.337 e. The van der Waals surface area contributed by atoms with E-state index in [4.69, 9.17) is 17.4 Å². The van der Waals surface area contributed by atoms with Gasteiger partial charge in [-0.2, -0.15) is 0 Å². The number of nitrogens with two attached hydrogens (primary N) is 1. The number of aryl methyl sites for hydroxylation is 1. The Morgan fingerprint density at radius 1 is 1.50 bits per heavy atom. The van der Waals surface area contributed by atoms with E-state index in [2.05, 4.69) is 9.97 Å². The van der Waals surface area contributed by atoms with Crippen LogP contribution in [0.2, 0.25) is 5.15 Å². The Balaban J connectivity index is 2.95. The van der Waals surface area contributed by atoms with Crippen molar-refractivity contribution in [1.82, 2.24) is 14.6 Å². The molecule has 0 spiro atoms. The molecule has 2 aromatic heterocycles. The van der Waals surface area contributed by atoms with Crippen LogP contribution in [-0.2, 0) is 0 Å². The van der Waals surface area contributed by atoms with Crippen LogP contribution in [0.25, 0.3) is 11.0 Å². The number of aromatic nitrogens is 3.